The quantitative estimate of drug-likeness (QED) is 0.583. The second-order valence-electron chi connectivity index (χ2n) is 3.28. The van der Waals surface area contributed by atoms with Crippen LogP contribution in [0.15, 0.2) is 0 Å². The van der Waals surface area contributed by atoms with Crippen molar-refractivity contribution in [2.24, 2.45) is 5.92 Å². The molecule has 0 radical (unpaired) electrons. The Kier molecular flexibility index (Phi) is 6.52. The van der Waals surface area contributed by atoms with Crippen LogP contribution < -0.4 is 0 Å². The molecule has 0 fully saturated rings. The van der Waals surface area contributed by atoms with E-state index in [2.05, 4.69) is 13.8 Å². The fourth-order valence-electron chi connectivity index (χ4n) is 1.01. The minimum atomic E-state index is -0.642. The highest BCUT2D eigenvalue weighted by Gasteiger charge is 2.06. The maximum Gasteiger partial charge on any atom is 0.188 e. The monoisotopic (exact) mass is 162 g/mol. The minimum Gasteiger partial charge on any atom is -0.347 e. The Morgan fingerprint density at radius 2 is 1.91 bits per heavy atom. The molecule has 2 heteroatoms. The average molecular weight is 162 g/mol. The molecule has 0 aliphatic heterocycles. The zero-order valence-corrected chi connectivity index (χ0v) is 7.77. The summed E-state index contributed by atoms with van der Waals surface area (Å²) in [5.41, 5.74) is 0. The smallest absolute Gasteiger partial charge is 0.188 e. The summed E-state index contributed by atoms with van der Waals surface area (Å²) in [4.78, 5) is 0. The summed E-state index contributed by atoms with van der Waals surface area (Å²) < 4.78 is 16.6. The minimum absolute atomic E-state index is 0.127. The van der Waals surface area contributed by atoms with Crippen LogP contribution in [0.25, 0.3) is 0 Å². The highest BCUT2D eigenvalue weighted by Crippen LogP contribution is 2.11. The molecule has 1 nitrogen and oxygen atoms in total. The van der Waals surface area contributed by atoms with Gasteiger partial charge in [-0.3, -0.25) is 0 Å². The van der Waals surface area contributed by atoms with Crippen LogP contribution in [0.4, 0.5) is 4.39 Å². The number of ether oxygens (including phenoxy) is 1. The molecular weight excluding hydrogens is 143 g/mol. The Bertz CT molecular complexity index is 83.6. The summed E-state index contributed by atoms with van der Waals surface area (Å²) in [6.07, 6.45) is 3.15. The lowest BCUT2D eigenvalue weighted by atomic mass is 10.0. The van der Waals surface area contributed by atoms with Crippen molar-refractivity contribution in [1.29, 1.82) is 0 Å². The van der Waals surface area contributed by atoms with Crippen molar-refractivity contribution in [2.45, 2.75) is 46.1 Å². The topological polar surface area (TPSA) is 9.23 Å². The third kappa shape index (κ3) is 6.29. The Labute approximate surface area is 68.9 Å². The van der Waals surface area contributed by atoms with Gasteiger partial charge in [0.1, 0.15) is 0 Å². The molecule has 1 atom stereocenters. The maximum atomic E-state index is 11.7. The first-order valence-electron chi connectivity index (χ1n) is 4.38. The molecule has 0 N–H and O–H groups in total. The van der Waals surface area contributed by atoms with Crippen LogP contribution in [-0.2, 0) is 4.74 Å². The van der Waals surface area contributed by atoms with Gasteiger partial charge in [-0.05, 0) is 25.2 Å². The van der Waals surface area contributed by atoms with Crippen LogP contribution in [0, 0.1) is 5.92 Å². The van der Waals surface area contributed by atoms with E-state index in [9.17, 15) is 4.39 Å². The number of alkyl halides is 1. The Balaban J connectivity index is 3.35. The molecule has 1 unspecified atom stereocenters. The lowest BCUT2D eigenvalue weighted by Gasteiger charge is -2.14. The summed E-state index contributed by atoms with van der Waals surface area (Å²) in [5.74, 6) is 0.687. The van der Waals surface area contributed by atoms with Crippen molar-refractivity contribution < 1.29 is 9.13 Å². The van der Waals surface area contributed by atoms with Crippen molar-refractivity contribution in [3.8, 4) is 0 Å². The van der Waals surface area contributed by atoms with E-state index in [0.29, 0.717) is 5.92 Å². The van der Waals surface area contributed by atoms with E-state index in [4.69, 9.17) is 4.74 Å². The number of rotatable bonds is 6. The molecule has 0 amide bonds. The number of hydrogen-bond donors (Lipinski definition) is 0. The Morgan fingerprint density at radius 1 is 1.27 bits per heavy atom. The first kappa shape index (κ1) is 10.9. The Morgan fingerprint density at radius 3 is 2.27 bits per heavy atom. The van der Waals surface area contributed by atoms with Gasteiger partial charge in [-0.25, -0.2) is 4.39 Å². The first-order valence-corrected chi connectivity index (χ1v) is 4.38. The van der Waals surface area contributed by atoms with Crippen molar-refractivity contribution in [3.05, 3.63) is 0 Å². The molecule has 0 aliphatic rings. The van der Waals surface area contributed by atoms with Gasteiger partial charge in [0.25, 0.3) is 0 Å². The molecule has 0 rings (SSSR count). The van der Waals surface area contributed by atoms with E-state index in [1.54, 1.807) is 0 Å². The molecule has 68 valence electrons. The largest absolute Gasteiger partial charge is 0.347 e. The van der Waals surface area contributed by atoms with E-state index < -0.39 is 6.86 Å². The van der Waals surface area contributed by atoms with Gasteiger partial charge in [0, 0.05) is 0 Å². The lowest BCUT2D eigenvalue weighted by Crippen LogP contribution is -2.11. The summed E-state index contributed by atoms with van der Waals surface area (Å²) in [7, 11) is 0. The number of hydrogen-bond acceptors (Lipinski definition) is 1. The van der Waals surface area contributed by atoms with Crippen LogP contribution in [0.3, 0.4) is 0 Å². The normalized spacial score (nSPS) is 13.9. The molecule has 0 spiro atoms. The van der Waals surface area contributed by atoms with Crippen molar-refractivity contribution >= 4 is 0 Å². The molecule has 0 aromatic rings. The van der Waals surface area contributed by atoms with Crippen LogP contribution in [-0.4, -0.2) is 13.0 Å². The molecule has 0 bridgehead atoms. The summed E-state index contributed by atoms with van der Waals surface area (Å²) in [6, 6.07) is 0. The standard InChI is InChI=1S/C9H19FO/c1-4-9(11-7-10)6-5-8(2)3/h8-9H,4-7H2,1-3H3. The zero-order chi connectivity index (χ0) is 8.69. The molecule has 0 aliphatic carbocycles. The second kappa shape index (κ2) is 6.59. The molecule has 0 aromatic heterocycles. The van der Waals surface area contributed by atoms with Crippen molar-refractivity contribution in [3.63, 3.8) is 0 Å². The predicted octanol–water partition coefficient (Wildman–Crippen LogP) is 3.14. The van der Waals surface area contributed by atoms with Crippen LogP contribution in [0.5, 0.6) is 0 Å². The lowest BCUT2D eigenvalue weighted by molar-refractivity contribution is -0.0123. The van der Waals surface area contributed by atoms with Crippen molar-refractivity contribution in [1.82, 2.24) is 0 Å². The molecule has 0 saturated carbocycles. The maximum absolute atomic E-state index is 11.7. The van der Waals surface area contributed by atoms with Gasteiger partial charge in [-0.1, -0.05) is 20.8 Å². The average Bonchev–Trinajstić information content (AvgIpc) is 1.97. The highest BCUT2D eigenvalue weighted by atomic mass is 19.1. The Hall–Kier alpha value is -0.110. The van der Waals surface area contributed by atoms with E-state index in [1.165, 1.54) is 0 Å². The SMILES string of the molecule is CCC(CCC(C)C)OCF. The van der Waals surface area contributed by atoms with Gasteiger partial charge in [0.2, 0.25) is 0 Å². The van der Waals surface area contributed by atoms with E-state index >= 15 is 0 Å². The fraction of sp³-hybridized carbons (Fsp3) is 1.00. The highest BCUT2D eigenvalue weighted by molar-refractivity contribution is 4.56. The van der Waals surface area contributed by atoms with Gasteiger partial charge in [0.05, 0.1) is 6.10 Å². The first-order chi connectivity index (χ1) is 5.20. The fourth-order valence-corrected chi connectivity index (χ4v) is 1.01. The molecular formula is C9H19FO. The summed E-state index contributed by atoms with van der Waals surface area (Å²) in [6.45, 7) is 5.72. The summed E-state index contributed by atoms with van der Waals surface area (Å²) in [5, 5.41) is 0. The van der Waals surface area contributed by atoms with Gasteiger partial charge < -0.3 is 4.74 Å². The molecule has 0 aromatic carbocycles. The third-order valence-corrected chi connectivity index (χ3v) is 1.82. The van der Waals surface area contributed by atoms with Crippen LogP contribution >= 0.6 is 0 Å². The van der Waals surface area contributed by atoms with E-state index in [-0.39, 0.29) is 6.10 Å². The molecule has 11 heavy (non-hydrogen) atoms. The van der Waals surface area contributed by atoms with Gasteiger partial charge in [-0.15, -0.1) is 0 Å². The predicted molar refractivity (Wildman–Crippen MR) is 45.2 cm³/mol. The molecule has 0 heterocycles. The van der Waals surface area contributed by atoms with Crippen LogP contribution in [0.1, 0.15) is 40.0 Å². The number of halogens is 1. The summed E-state index contributed by atoms with van der Waals surface area (Å²) >= 11 is 0. The van der Waals surface area contributed by atoms with Gasteiger partial charge >= 0.3 is 0 Å². The molecule has 0 saturated heterocycles. The third-order valence-electron chi connectivity index (χ3n) is 1.82. The van der Waals surface area contributed by atoms with Gasteiger partial charge in [0.15, 0.2) is 6.86 Å². The van der Waals surface area contributed by atoms with E-state index in [1.807, 2.05) is 6.92 Å². The van der Waals surface area contributed by atoms with E-state index in [0.717, 1.165) is 19.3 Å². The van der Waals surface area contributed by atoms with Crippen molar-refractivity contribution in [2.75, 3.05) is 6.86 Å². The van der Waals surface area contributed by atoms with Crippen LogP contribution in [0.2, 0.25) is 0 Å². The zero-order valence-electron chi connectivity index (χ0n) is 7.77. The second-order valence-corrected chi connectivity index (χ2v) is 3.28. The van der Waals surface area contributed by atoms with Gasteiger partial charge in [-0.2, -0.15) is 0 Å².